The SMILES string of the molecule is CC(C)(C)NCC(O)COc1cccc(F)c1-c1ccc(NN)nn1.Cl.Cl.Cl. The molecule has 7 nitrogen and oxygen atoms in total. The van der Waals surface area contributed by atoms with Gasteiger partial charge >= 0.3 is 0 Å². The molecule has 0 spiro atoms. The fourth-order valence-corrected chi connectivity index (χ4v) is 2.08. The number of nitrogen functional groups attached to an aromatic ring is 1. The van der Waals surface area contributed by atoms with Crippen molar-refractivity contribution in [1.29, 1.82) is 0 Å². The van der Waals surface area contributed by atoms with E-state index in [1.165, 1.54) is 12.1 Å². The van der Waals surface area contributed by atoms with E-state index in [4.69, 9.17) is 10.6 Å². The van der Waals surface area contributed by atoms with E-state index in [-0.39, 0.29) is 60.7 Å². The number of hydrogen-bond donors (Lipinski definition) is 4. The van der Waals surface area contributed by atoms with Gasteiger partial charge in [0.05, 0.1) is 11.3 Å². The lowest BCUT2D eigenvalue weighted by Crippen LogP contribution is -2.42. The Morgan fingerprint density at radius 2 is 1.82 bits per heavy atom. The first kappa shape index (κ1) is 28.8. The van der Waals surface area contributed by atoms with Crippen LogP contribution in [-0.2, 0) is 0 Å². The zero-order valence-electron chi connectivity index (χ0n) is 15.8. The van der Waals surface area contributed by atoms with Crippen LogP contribution in [0.1, 0.15) is 20.8 Å². The summed E-state index contributed by atoms with van der Waals surface area (Å²) in [5.41, 5.74) is 2.75. The zero-order chi connectivity index (χ0) is 18.4. The maximum atomic E-state index is 14.3. The smallest absolute Gasteiger partial charge is 0.162 e. The number of hydrazine groups is 1. The number of nitrogens with zero attached hydrogens (tertiary/aromatic N) is 2. The summed E-state index contributed by atoms with van der Waals surface area (Å²) in [6, 6.07) is 7.65. The van der Waals surface area contributed by atoms with Gasteiger partial charge in [-0.15, -0.1) is 47.4 Å². The molecule has 11 heteroatoms. The molecule has 1 unspecified atom stereocenters. The van der Waals surface area contributed by atoms with Crippen molar-refractivity contribution in [2.75, 3.05) is 18.6 Å². The molecule has 28 heavy (non-hydrogen) atoms. The zero-order valence-corrected chi connectivity index (χ0v) is 18.3. The van der Waals surface area contributed by atoms with E-state index >= 15 is 0 Å². The van der Waals surface area contributed by atoms with Crippen LogP contribution >= 0.6 is 37.2 Å². The van der Waals surface area contributed by atoms with Crippen LogP contribution in [0.15, 0.2) is 30.3 Å². The quantitative estimate of drug-likeness (QED) is 0.373. The average molecular weight is 459 g/mol. The minimum atomic E-state index is -0.731. The molecule has 160 valence electrons. The second-order valence-electron chi connectivity index (χ2n) is 6.66. The molecular weight excluding hydrogens is 432 g/mol. The van der Waals surface area contributed by atoms with E-state index < -0.39 is 11.9 Å². The maximum absolute atomic E-state index is 14.3. The summed E-state index contributed by atoms with van der Waals surface area (Å²) in [6.45, 7) is 6.40. The number of anilines is 1. The Hall–Kier alpha value is -1.42. The molecule has 0 saturated carbocycles. The van der Waals surface area contributed by atoms with Crippen molar-refractivity contribution in [3.8, 4) is 17.0 Å². The maximum Gasteiger partial charge on any atom is 0.162 e. The van der Waals surface area contributed by atoms with Gasteiger partial charge in [0, 0.05) is 12.1 Å². The van der Waals surface area contributed by atoms with Gasteiger partial charge in [0.25, 0.3) is 0 Å². The average Bonchev–Trinajstić information content (AvgIpc) is 2.58. The van der Waals surface area contributed by atoms with Crippen molar-refractivity contribution >= 4 is 43.0 Å². The standard InChI is InChI=1S/C17H24FN5O2.3ClH/c1-17(2,3)20-9-11(24)10-25-14-6-4-5-12(18)16(14)13-7-8-15(21-19)23-22-13;;;/h4-8,11,20,24H,9-10,19H2,1-3H3,(H,21,23);3*1H. The number of halogens is 4. The van der Waals surface area contributed by atoms with Crippen molar-refractivity contribution in [1.82, 2.24) is 15.5 Å². The number of nitrogens with one attached hydrogen (secondary N) is 2. The number of β-amino-alcohol motifs (C(OH)–C–C–N with tert-alkyl or cyclic N) is 1. The Kier molecular flexibility index (Phi) is 13.3. The van der Waals surface area contributed by atoms with Crippen molar-refractivity contribution in [2.24, 2.45) is 5.84 Å². The number of aliphatic hydroxyl groups is 1. The van der Waals surface area contributed by atoms with E-state index in [1.807, 2.05) is 20.8 Å². The highest BCUT2D eigenvalue weighted by atomic mass is 35.5. The molecule has 0 fully saturated rings. The Bertz CT molecular complexity index is 702. The molecule has 2 rings (SSSR count). The van der Waals surface area contributed by atoms with E-state index in [0.29, 0.717) is 18.1 Å². The van der Waals surface area contributed by atoms with Gasteiger partial charge in [-0.2, -0.15) is 0 Å². The highest BCUT2D eigenvalue weighted by molar-refractivity contribution is 5.86. The largest absolute Gasteiger partial charge is 0.490 e. The van der Waals surface area contributed by atoms with Gasteiger partial charge in [0.15, 0.2) is 5.82 Å². The van der Waals surface area contributed by atoms with Crippen molar-refractivity contribution in [3.63, 3.8) is 0 Å². The number of aromatic nitrogens is 2. The predicted octanol–water partition coefficient (Wildman–Crippen LogP) is 2.96. The van der Waals surface area contributed by atoms with Gasteiger partial charge in [-0.25, -0.2) is 10.2 Å². The summed E-state index contributed by atoms with van der Waals surface area (Å²) >= 11 is 0. The lowest BCUT2D eigenvalue weighted by molar-refractivity contribution is 0.100. The van der Waals surface area contributed by atoms with Crippen LogP contribution in [0.2, 0.25) is 0 Å². The summed E-state index contributed by atoms with van der Waals surface area (Å²) in [7, 11) is 0. The van der Waals surface area contributed by atoms with Crippen LogP contribution in [0, 0.1) is 5.82 Å². The normalized spacial score (nSPS) is 11.4. The van der Waals surface area contributed by atoms with E-state index in [9.17, 15) is 9.50 Å². The number of aliphatic hydroxyl groups excluding tert-OH is 1. The fourth-order valence-electron chi connectivity index (χ4n) is 2.08. The van der Waals surface area contributed by atoms with Crippen LogP contribution in [0.25, 0.3) is 11.3 Å². The number of nitrogens with two attached hydrogens (primary N) is 1. The third kappa shape index (κ3) is 8.72. The van der Waals surface area contributed by atoms with Crippen molar-refractivity contribution in [3.05, 3.63) is 36.1 Å². The van der Waals surface area contributed by atoms with Crippen LogP contribution in [-0.4, -0.2) is 40.1 Å². The fraction of sp³-hybridized carbons (Fsp3) is 0.412. The van der Waals surface area contributed by atoms with Crippen LogP contribution in [0.5, 0.6) is 5.75 Å². The Morgan fingerprint density at radius 1 is 1.14 bits per heavy atom. The van der Waals surface area contributed by atoms with E-state index in [2.05, 4.69) is 20.9 Å². The first-order chi connectivity index (χ1) is 11.8. The molecule has 0 aliphatic rings. The highest BCUT2D eigenvalue weighted by Gasteiger charge is 2.17. The van der Waals surface area contributed by atoms with E-state index in [1.54, 1.807) is 18.2 Å². The first-order valence-corrected chi connectivity index (χ1v) is 7.95. The van der Waals surface area contributed by atoms with Gasteiger partial charge in [-0.3, -0.25) is 0 Å². The lowest BCUT2D eigenvalue weighted by atomic mass is 10.1. The number of rotatable bonds is 7. The van der Waals surface area contributed by atoms with Crippen molar-refractivity contribution in [2.45, 2.75) is 32.4 Å². The number of hydrogen-bond acceptors (Lipinski definition) is 7. The lowest BCUT2D eigenvalue weighted by Gasteiger charge is -2.23. The molecule has 0 saturated heterocycles. The van der Waals surface area contributed by atoms with Crippen LogP contribution < -0.4 is 21.3 Å². The Morgan fingerprint density at radius 3 is 2.36 bits per heavy atom. The summed E-state index contributed by atoms with van der Waals surface area (Å²) < 4.78 is 19.9. The first-order valence-electron chi connectivity index (χ1n) is 7.95. The highest BCUT2D eigenvalue weighted by Crippen LogP contribution is 2.31. The third-order valence-electron chi connectivity index (χ3n) is 3.34. The van der Waals surface area contributed by atoms with Crippen LogP contribution in [0.3, 0.4) is 0 Å². The molecule has 1 atom stereocenters. The molecule has 5 N–H and O–H groups in total. The summed E-state index contributed by atoms with van der Waals surface area (Å²) in [6.07, 6.45) is -0.731. The molecule has 2 aromatic rings. The molecule has 1 heterocycles. The molecule has 0 aliphatic carbocycles. The number of ether oxygens (including phenoxy) is 1. The van der Waals surface area contributed by atoms with Gasteiger partial charge in [0.2, 0.25) is 0 Å². The molecular formula is C17H27Cl3FN5O2. The minimum absolute atomic E-state index is 0. The molecule has 0 amide bonds. The Balaban J connectivity index is 0. The Labute approximate surface area is 182 Å². The predicted molar refractivity (Wildman–Crippen MR) is 116 cm³/mol. The molecule has 0 aliphatic heterocycles. The summed E-state index contributed by atoms with van der Waals surface area (Å²) in [4.78, 5) is 0. The molecule has 0 bridgehead atoms. The second-order valence-corrected chi connectivity index (χ2v) is 6.66. The van der Waals surface area contributed by atoms with Gasteiger partial charge in [-0.1, -0.05) is 6.07 Å². The molecule has 0 radical (unpaired) electrons. The van der Waals surface area contributed by atoms with Crippen LogP contribution in [0.4, 0.5) is 10.2 Å². The monoisotopic (exact) mass is 457 g/mol. The van der Waals surface area contributed by atoms with Crippen molar-refractivity contribution < 1.29 is 14.2 Å². The topological polar surface area (TPSA) is 105 Å². The summed E-state index contributed by atoms with van der Waals surface area (Å²) in [5, 5.41) is 21.0. The third-order valence-corrected chi connectivity index (χ3v) is 3.34. The van der Waals surface area contributed by atoms with Gasteiger partial charge in [-0.05, 0) is 45.0 Å². The van der Waals surface area contributed by atoms with Gasteiger partial charge in [0.1, 0.15) is 24.3 Å². The molecule has 1 aromatic carbocycles. The van der Waals surface area contributed by atoms with E-state index in [0.717, 1.165) is 0 Å². The number of benzene rings is 1. The molecule has 1 aromatic heterocycles. The minimum Gasteiger partial charge on any atom is -0.490 e. The van der Waals surface area contributed by atoms with Gasteiger partial charge < -0.3 is 20.6 Å². The summed E-state index contributed by atoms with van der Waals surface area (Å²) in [5.74, 6) is 5.43. The second kappa shape index (κ2) is 12.9.